The van der Waals surface area contributed by atoms with E-state index in [9.17, 15) is 24.8 Å². The van der Waals surface area contributed by atoms with Crippen molar-refractivity contribution in [2.45, 2.75) is 38.6 Å². The van der Waals surface area contributed by atoms with Gasteiger partial charge < -0.3 is 20.5 Å². The Bertz CT molecular complexity index is 584. The van der Waals surface area contributed by atoms with Gasteiger partial charge >= 0.3 is 5.97 Å². The van der Waals surface area contributed by atoms with E-state index in [-0.39, 0.29) is 11.4 Å². The zero-order chi connectivity index (χ0) is 17.6. The van der Waals surface area contributed by atoms with Crippen molar-refractivity contribution in [3.8, 4) is 0 Å². The van der Waals surface area contributed by atoms with Crippen LogP contribution >= 0.6 is 0 Å². The van der Waals surface area contributed by atoms with Crippen LogP contribution in [0.1, 0.15) is 20.8 Å². The summed E-state index contributed by atoms with van der Waals surface area (Å²) in [5.74, 6) is -1.31. The van der Waals surface area contributed by atoms with Crippen LogP contribution in [0.25, 0.3) is 0 Å². The highest BCUT2D eigenvalue weighted by Gasteiger charge is 2.34. The van der Waals surface area contributed by atoms with Gasteiger partial charge in [0.05, 0.1) is 10.5 Å². The largest absolute Gasteiger partial charge is 0.479 e. The van der Waals surface area contributed by atoms with Crippen LogP contribution in [-0.2, 0) is 14.3 Å². The first-order valence-corrected chi connectivity index (χ1v) is 6.76. The molecule has 0 saturated carbocycles. The summed E-state index contributed by atoms with van der Waals surface area (Å²) in [6.07, 6.45) is -2.33. The number of aliphatic carboxylic acids is 1. The number of benzene rings is 1. The number of hydrogen-bond donors (Lipinski definition) is 3. The molecule has 0 fully saturated rings. The first-order valence-electron chi connectivity index (χ1n) is 6.76. The summed E-state index contributed by atoms with van der Waals surface area (Å²) in [7, 11) is 0. The van der Waals surface area contributed by atoms with Crippen molar-refractivity contribution < 1.29 is 24.4 Å². The molecule has 2 unspecified atom stereocenters. The average molecular weight is 325 g/mol. The van der Waals surface area contributed by atoms with E-state index < -0.39 is 28.8 Å². The van der Waals surface area contributed by atoms with Gasteiger partial charge in [-0.2, -0.15) is 0 Å². The van der Waals surface area contributed by atoms with Gasteiger partial charge in [0.2, 0.25) is 6.41 Å². The summed E-state index contributed by atoms with van der Waals surface area (Å²) in [4.78, 5) is 32.6. The number of carbonyl (C=O) groups is 2. The molecule has 1 amide bonds. The van der Waals surface area contributed by atoms with Crippen LogP contribution in [0.15, 0.2) is 24.3 Å². The summed E-state index contributed by atoms with van der Waals surface area (Å²) >= 11 is 0. The molecule has 0 aliphatic rings. The number of nitrogens with one attached hydrogen (secondary N) is 2. The third-order valence-corrected chi connectivity index (χ3v) is 2.69. The number of nitrogens with zero attached hydrogens (tertiary/aromatic N) is 1. The number of carbonyl (C=O) groups excluding carboxylic acids is 1. The van der Waals surface area contributed by atoms with Crippen LogP contribution in [0, 0.1) is 10.1 Å². The Morgan fingerprint density at radius 1 is 1.39 bits per heavy atom. The fraction of sp³-hybridized carbons (Fsp3) is 0.429. The minimum Gasteiger partial charge on any atom is -0.479 e. The Balaban J connectivity index is 3.12. The zero-order valence-corrected chi connectivity index (χ0v) is 13.0. The van der Waals surface area contributed by atoms with E-state index in [0.29, 0.717) is 6.41 Å². The quantitative estimate of drug-likeness (QED) is 0.284. The van der Waals surface area contributed by atoms with E-state index >= 15 is 0 Å². The van der Waals surface area contributed by atoms with Gasteiger partial charge in [-0.05, 0) is 26.8 Å². The molecule has 126 valence electrons. The normalized spacial score (nSPS) is 13.7. The number of amides is 1. The third kappa shape index (κ3) is 5.55. The number of nitro groups is 1. The molecule has 0 heterocycles. The van der Waals surface area contributed by atoms with Crippen molar-refractivity contribution in [3.63, 3.8) is 0 Å². The topological polar surface area (TPSA) is 131 Å². The molecule has 0 aromatic heterocycles. The minimum absolute atomic E-state index is 0.0700. The Morgan fingerprint density at radius 3 is 2.48 bits per heavy atom. The van der Waals surface area contributed by atoms with Gasteiger partial charge in [0.25, 0.3) is 5.69 Å². The fourth-order valence-electron chi connectivity index (χ4n) is 1.84. The molecule has 0 saturated heterocycles. The molecular formula is C14H19N3O6. The molecule has 23 heavy (non-hydrogen) atoms. The lowest BCUT2D eigenvalue weighted by atomic mass is 10.1. The maximum Gasteiger partial charge on any atom is 0.337 e. The lowest BCUT2D eigenvalue weighted by molar-refractivity contribution is -0.384. The Morgan fingerprint density at radius 2 is 2.00 bits per heavy atom. The predicted octanol–water partition coefficient (Wildman–Crippen LogP) is 1.35. The van der Waals surface area contributed by atoms with Crippen molar-refractivity contribution in [2.24, 2.45) is 0 Å². The molecule has 1 rings (SSSR count). The van der Waals surface area contributed by atoms with Crippen molar-refractivity contribution in [1.29, 1.82) is 0 Å². The molecule has 0 spiro atoms. The Hall–Kier alpha value is -2.68. The second-order valence-corrected chi connectivity index (χ2v) is 5.67. The molecule has 0 aliphatic carbocycles. The SMILES string of the molecule is CC(C)(C)OC(C(=O)O)C(NC=O)Nc1ccccc1[N+](=O)[O-]. The number of anilines is 1. The number of carboxylic acids is 1. The Labute approximate surface area is 132 Å². The molecule has 2 atom stereocenters. The van der Waals surface area contributed by atoms with Crippen LogP contribution in [0.5, 0.6) is 0 Å². The summed E-state index contributed by atoms with van der Waals surface area (Å²) in [6.45, 7) is 4.98. The first kappa shape index (κ1) is 18.4. The van der Waals surface area contributed by atoms with Crippen LogP contribution < -0.4 is 10.6 Å². The van der Waals surface area contributed by atoms with E-state index in [0.717, 1.165) is 0 Å². The van der Waals surface area contributed by atoms with Crippen molar-refractivity contribution in [3.05, 3.63) is 34.4 Å². The number of nitro benzene ring substituents is 1. The summed E-state index contributed by atoms with van der Waals surface area (Å²) in [6, 6.07) is 5.70. The lowest BCUT2D eigenvalue weighted by Crippen LogP contribution is -2.52. The number of rotatable bonds is 8. The maximum atomic E-state index is 11.4. The monoisotopic (exact) mass is 325 g/mol. The summed E-state index contributed by atoms with van der Waals surface area (Å²) < 4.78 is 5.43. The number of ether oxygens (including phenoxy) is 1. The molecule has 0 aliphatic heterocycles. The van der Waals surface area contributed by atoms with Gasteiger partial charge in [-0.1, -0.05) is 12.1 Å². The second kappa shape index (κ2) is 7.54. The highest BCUT2D eigenvalue weighted by molar-refractivity contribution is 5.75. The highest BCUT2D eigenvalue weighted by Crippen LogP contribution is 2.25. The molecule has 1 aromatic carbocycles. The van der Waals surface area contributed by atoms with Gasteiger partial charge in [-0.3, -0.25) is 14.9 Å². The van der Waals surface area contributed by atoms with Crippen LogP contribution in [0.3, 0.4) is 0 Å². The average Bonchev–Trinajstić information content (AvgIpc) is 2.43. The standard InChI is InChI=1S/C14H19N3O6/c1-14(2,3)23-11(13(19)20)12(15-8-18)16-9-6-4-5-7-10(9)17(21)22/h4-8,11-12,16H,1-3H3,(H,15,18)(H,19,20). The van der Waals surface area contributed by atoms with Gasteiger partial charge in [0, 0.05) is 6.07 Å². The van der Waals surface area contributed by atoms with E-state index in [4.69, 9.17) is 4.74 Å². The molecule has 9 heteroatoms. The van der Waals surface area contributed by atoms with E-state index in [2.05, 4.69) is 10.6 Å². The number of hydrogen-bond acceptors (Lipinski definition) is 6. The van der Waals surface area contributed by atoms with Crippen molar-refractivity contribution in [2.75, 3.05) is 5.32 Å². The molecule has 9 nitrogen and oxygen atoms in total. The van der Waals surface area contributed by atoms with Gasteiger partial charge in [0.15, 0.2) is 6.10 Å². The van der Waals surface area contributed by atoms with Crippen molar-refractivity contribution in [1.82, 2.24) is 5.32 Å². The van der Waals surface area contributed by atoms with E-state index in [1.54, 1.807) is 26.8 Å². The lowest BCUT2D eigenvalue weighted by Gasteiger charge is -2.31. The zero-order valence-electron chi connectivity index (χ0n) is 13.0. The molecule has 0 bridgehead atoms. The molecule has 0 radical (unpaired) electrons. The molecule has 3 N–H and O–H groups in total. The second-order valence-electron chi connectivity index (χ2n) is 5.67. The first-order chi connectivity index (χ1) is 10.7. The summed E-state index contributed by atoms with van der Waals surface area (Å²) in [5.41, 5.74) is -0.971. The smallest absolute Gasteiger partial charge is 0.337 e. The van der Waals surface area contributed by atoms with Crippen LogP contribution in [0.4, 0.5) is 11.4 Å². The Kier molecular flexibility index (Phi) is 6.02. The minimum atomic E-state index is -1.44. The van der Waals surface area contributed by atoms with Gasteiger partial charge in [-0.25, -0.2) is 4.79 Å². The fourth-order valence-corrected chi connectivity index (χ4v) is 1.84. The van der Waals surface area contributed by atoms with Crippen molar-refractivity contribution >= 4 is 23.8 Å². The van der Waals surface area contributed by atoms with Gasteiger partial charge in [-0.15, -0.1) is 0 Å². The highest BCUT2D eigenvalue weighted by atomic mass is 16.6. The number of para-hydroxylation sites is 2. The third-order valence-electron chi connectivity index (χ3n) is 2.69. The molecular weight excluding hydrogens is 306 g/mol. The van der Waals surface area contributed by atoms with E-state index in [1.165, 1.54) is 18.2 Å². The van der Waals surface area contributed by atoms with Gasteiger partial charge in [0.1, 0.15) is 11.9 Å². The summed E-state index contributed by atoms with van der Waals surface area (Å²) in [5, 5.41) is 25.3. The van der Waals surface area contributed by atoms with Crippen LogP contribution in [-0.4, -0.2) is 40.3 Å². The van der Waals surface area contributed by atoms with Crippen LogP contribution in [0.2, 0.25) is 0 Å². The maximum absolute atomic E-state index is 11.4. The van der Waals surface area contributed by atoms with E-state index in [1.807, 2.05) is 0 Å². The predicted molar refractivity (Wildman–Crippen MR) is 82.0 cm³/mol. The molecule has 1 aromatic rings. The number of carboxylic acid groups (broad SMARTS) is 1.